The summed E-state index contributed by atoms with van der Waals surface area (Å²) in [5.41, 5.74) is 0. The number of carbonyl (C=O) groups excluding carboxylic acids is 1. The number of likely N-dealkylation sites (N-methyl/N-ethyl adjacent to an activating group) is 1. The molecule has 0 aromatic rings. The van der Waals surface area contributed by atoms with Crippen LogP contribution < -0.4 is 5.32 Å². The molecule has 0 saturated heterocycles. The average molecular weight is 211 g/mol. The van der Waals surface area contributed by atoms with E-state index in [0.29, 0.717) is 13.1 Å². The third-order valence-electron chi connectivity index (χ3n) is 2.24. The van der Waals surface area contributed by atoms with E-state index in [9.17, 15) is 4.79 Å². The highest BCUT2D eigenvalue weighted by Gasteiger charge is 2.10. The summed E-state index contributed by atoms with van der Waals surface area (Å²) < 4.78 is 0. The van der Waals surface area contributed by atoms with Crippen LogP contribution in [0.3, 0.4) is 0 Å². The standard InChI is InChI=1S/C11H21N3O/c1-4-6-10(3)13-11(15)9-14(5-2)8-7-12/h10H,4-6,8-9H2,1-3H3,(H,13,15). The van der Waals surface area contributed by atoms with Crippen LogP contribution in [0.4, 0.5) is 0 Å². The van der Waals surface area contributed by atoms with Gasteiger partial charge >= 0.3 is 0 Å². The van der Waals surface area contributed by atoms with Gasteiger partial charge in [-0.3, -0.25) is 9.69 Å². The molecule has 0 aromatic heterocycles. The zero-order chi connectivity index (χ0) is 11.7. The van der Waals surface area contributed by atoms with Gasteiger partial charge in [-0.05, 0) is 19.9 Å². The van der Waals surface area contributed by atoms with Crippen molar-refractivity contribution in [3.63, 3.8) is 0 Å². The van der Waals surface area contributed by atoms with Gasteiger partial charge in [0.15, 0.2) is 0 Å². The second-order valence-electron chi connectivity index (χ2n) is 3.72. The minimum absolute atomic E-state index is 0.00745. The van der Waals surface area contributed by atoms with Crippen molar-refractivity contribution in [1.29, 1.82) is 5.26 Å². The van der Waals surface area contributed by atoms with Gasteiger partial charge in [-0.15, -0.1) is 0 Å². The van der Waals surface area contributed by atoms with Crippen LogP contribution in [0.2, 0.25) is 0 Å². The molecule has 1 atom stereocenters. The van der Waals surface area contributed by atoms with E-state index < -0.39 is 0 Å². The quantitative estimate of drug-likeness (QED) is 0.642. The fourth-order valence-corrected chi connectivity index (χ4v) is 1.41. The summed E-state index contributed by atoms with van der Waals surface area (Å²) in [5, 5.41) is 11.4. The molecule has 0 aromatic carbocycles. The maximum atomic E-state index is 11.5. The fraction of sp³-hybridized carbons (Fsp3) is 0.818. The molecule has 0 aliphatic heterocycles. The molecule has 0 saturated carbocycles. The molecule has 4 nitrogen and oxygen atoms in total. The van der Waals surface area contributed by atoms with Gasteiger partial charge in [-0.25, -0.2) is 0 Å². The number of hydrogen-bond acceptors (Lipinski definition) is 3. The summed E-state index contributed by atoms with van der Waals surface area (Å²) in [6, 6.07) is 2.27. The number of rotatable bonds is 7. The molecule has 1 N–H and O–H groups in total. The Kier molecular flexibility index (Phi) is 7.65. The van der Waals surface area contributed by atoms with Gasteiger partial charge in [0, 0.05) is 6.04 Å². The second-order valence-corrected chi connectivity index (χ2v) is 3.72. The van der Waals surface area contributed by atoms with Crippen LogP contribution in [0.15, 0.2) is 0 Å². The number of nitrogens with zero attached hydrogens (tertiary/aromatic N) is 2. The van der Waals surface area contributed by atoms with Crippen molar-refractivity contribution in [2.75, 3.05) is 19.6 Å². The Bertz CT molecular complexity index is 222. The smallest absolute Gasteiger partial charge is 0.234 e. The highest BCUT2D eigenvalue weighted by atomic mass is 16.2. The van der Waals surface area contributed by atoms with E-state index in [4.69, 9.17) is 5.26 Å². The second kappa shape index (κ2) is 8.25. The third kappa shape index (κ3) is 6.92. The van der Waals surface area contributed by atoms with E-state index >= 15 is 0 Å². The molecule has 0 aliphatic carbocycles. The number of carbonyl (C=O) groups is 1. The van der Waals surface area contributed by atoms with E-state index in [1.807, 2.05) is 24.8 Å². The van der Waals surface area contributed by atoms with Gasteiger partial charge < -0.3 is 5.32 Å². The minimum atomic E-state index is 0.00745. The molecule has 15 heavy (non-hydrogen) atoms. The van der Waals surface area contributed by atoms with Crippen LogP contribution in [0.1, 0.15) is 33.6 Å². The lowest BCUT2D eigenvalue weighted by molar-refractivity contribution is -0.122. The van der Waals surface area contributed by atoms with E-state index in [1.54, 1.807) is 0 Å². The van der Waals surface area contributed by atoms with Gasteiger partial charge in [0.25, 0.3) is 0 Å². The van der Waals surface area contributed by atoms with Crippen molar-refractivity contribution in [3.05, 3.63) is 0 Å². The maximum Gasteiger partial charge on any atom is 0.234 e. The zero-order valence-electron chi connectivity index (χ0n) is 9.92. The van der Waals surface area contributed by atoms with E-state index in [2.05, 4.69) is 12.2 Å². The van der Waals surface area contributed by atoms with Gasteiger partial charge in [0.05, 0.1) is 19.2 Å². The molecule has 0 radical (unpaired) electrons. The van der Waals surface area contributed by atoms with Crippen LogP contribution in [-0.2, 0) is 4.79 Å². The van der Waals surface area contributed by atoms with Gasteiger partial charge in [0.1, 0.15) is 0 Å². The van der Waals surface area contributed by atoms with Crippen molar-refractivity contribution < 1.29 is 4.79 Å². The average Bonchev–Trinajstić information content (AvgIpc) is 2.17. The first-order valence-corrected chi connectivity index (χ1v) is 5.52. The number of nitriles is 1. The summed E-state index contributed by atoms with van der Waals surface area (Å²) in [6.45, 7) is 7.39. The highest BCUT2D eigenvalue weighted by molar-refractivity contribution is 5.78. The molecule has 0 rings (SSSR count). The predicted octanol–water partition coefficient (Wildman–Crippen LogP) is 1.14. The summed E-state index contributed by atoms with van der Waals surface area (Å²) in [5.74, 6) is 0.00745. The topological polar surface area (TPSA) is 56.1 Å². The minimum Gasteiger partial charge on any atom is -0.353 e. The summed E-state index contributed by atoms with van der Waals surface area (Å²) in [4.78, 5) is 13.3. The number of hydrogen-bond donors (Lipinski definition) is 1. The lowest BCUT2D eigenvalue weighted by atomic mass is 10.2. The van der Waals surface area contributed by atoms with Crippen LogP contribution in [0, 0.1) is 11.3 Å². The van der Waals surface area contributed by atoms with Gasteiger partial charge in [0.2, 0.25) is 5.91 Å². The molecule has 0 fully saturated rings. The summed E-state index contributed by atoms with van der Waals surface area (Å²) >= 11 is 0. The number of nitrogens with one attached hydrogen (secondary N) is 1. The molecule has 4 heteroatoms. The SMILES string of the molecule is CCCC(C)NC(=O)CN(CC)CC#N. The maximum absolute atomic E-state index is 11.5. The van der Waals surface area contributed by atoms with Crippen LogP contribution in [0.5, 0.6) is 0 Å². The Hall–Kier alpha value is -1.08. The van der Waals surface area contributed by atoms with Crippen molar-refractivity contribution in [1.82, 2.24) is 10.2 Å². The van der Waals surface area contributed by atoms with Gasteiger partial charge in [-0.2, -0.15) is 5.26 Å². The van der Waals surface area contributed by atoms with Crippen molar-refractivity contribution >= 4 is 5.91 Å². The highest BCUT2D eigenvalue weighted by Crippen LogP contribution is 1.95. The molecule has 0 aliphatic rings. The molecule has 1 amide bonds. The van der Waals surface area contributed by atoms with Crippen LogP contribution >= 0.6 is 0 Å². The Morgan fingerprint density at radius 3 is 2.67 bits per heavy atom. The Morgan fingerprint density at radius 1 is 1.53 bits per heavy atom. The van der Waals surface area contributed by atoms with Crippen molar-refractivity contribution in [2.45, 2.75) is 39.7 Å². The normalized spacial score (nSPS) is 12.2. The molecule has 0 bridgehead atoms. The van der Waals surface area contributed by atoms with Crippen LogP contribution in [-0.4, -0.2) is 36.5 Å². The first-order chi connectivity index (χ1) is 7.13. The molecule has 0 heterocycles. The summed E-state index contributed by atoms with van der Waals surface area (Å²) in [7, 11) is 0. The Morgan fingerprint density at radius 2 is 2.20 bits per heavy atom. The first kappa shape index (κ1) is 13.9. The first-order valence-electron chi connectivity index (χ1n) is 5.52. The van der Waals surface area contributed by atoms with E-state index in [-0.39, 0.29) is 11.9 Å². The van der Waals surface area contributed by atoms with Crippen LogP contribution in [0.25, 0.3) is 0 Å². The van der Waals surface area contributed by atoms with E-state index in [0.717, 1.165) is 19.4 Å². The number of amides is 1. The zero-order valence-corrected chi connectivity index (χ0v) is 9.92. The van der Waals surface area contributed by atoms with Crippen molar-refractivity contribution in [3.8, 4) is 6.07 Å². The lowest BCUT2D eigenvalue weighted by Gasteiger charge is -2.18. The predicted molar refractivity (Wildman–Crippen MR) is 60.2 cm³/mol. The van der Waals surface area contributed by atoms with Gasteiger partial charge in [-0.1, -0.05) is 20.3 Å². The van der Waals surface area contributed by atoms with E-state index in [1.165, 1.54) is 0 Å². The summed E-state index contributed by atoms with van der Waals surface area (Å²) in [6.07, 6.45) is 2.06. The largest absolute Gasteiger partial charge is 0.353 e. The van der Waals surface area contributed by atoms with Crippen molar-refractivity contribution in [2.24, 2.45) is 0 Å². The molecular weight excluding hydrogens is 190 g/mol. The Balaban J connectivity index is 3.85. The lowest BCUT2D eigenvalue weighted by Crippen LogP contribution is -2.41. The fourth-order valence-electron chi connectivity index (χ4n) is 1.41. The molecule has 0 spiro atoms. The third-order valence-corrected chi connectivity index (χ3v) is 2.24. The molecule has 1 unspecified atom stereocenters. The molecule has 86 valence electrons. The monoisotopic (exact) mass is 211 g/mol. The molecular formula is C11H21N3O. The Labute approximate surface area is 92.3 Å².